The number of fused-ring (bicyclic) bond motifs is 2. The molecule has 3 amide bonds. The first-order chi connectivity index (χ1) is 16.9. The number of carbonyl (C=O) groups is 2. The number of benzene rings is 1. The normalized spacial score (nSPS) is 15.9. The first kappa shape index (κ1) is 23.3. The Hall–Kier alpha value is -3.48. The van der Waals surface area contributed by atoms with Crippen LogP contribution < -0.4 is 25.7 Å². The summed E-state index contributed by atoms with van der Waals surface area (Å²) in [7, 11) is 0. The van der Waals surface area contributed by atoms with Gasteiger partial charge in [-0.1, -0.05) is 0 Å². The van der Waals surface area contributed by atoms with Crippen LogP contribution in [-0.4, -0.2) is 71.2 Å². The van der Waals surface area contributed by atoms with E-state index >= 15 is 0 Å². The second-order valence-electron chi connectivity index (χ2n) is 8.60. The topological polar surface area (TPSA) is 129 Å². The monoisotopic (exact) mass is 498 g/mol. The van der Waals surface area contributed by atoms with Crippen LogP contribution in [0.25, 0.3) is 10.2 Å². The molecular weight excluding hydrogens is 472 g/mol. The van der Waals surface area contributed by atoms with Crippen LogP contribution in [0.1, 0.15) is 16.3 Å². The number of urea groups is 1. The van der Waals surface area contributed by atoms with Gasteiger partial charge >= 0.3 is 6.03 Å². The van der Waals surface area contributed by atoms with Crippen LogP contribution in [-0.2, 0) is 11.3 Å². The summed E-state index contributed by atoms with van der Waals surface area (Å²) in [6.07, 6.45) is 0. The fourth-order valence-electron chi connectivity index (χ4n) is 4.20. The average Bonchev–Trinajstić information content (AvgIpc) is 3.38. The van der Waals surface area contributed by atoms with E-state index in [9.17, 15) is 14.4 Å². The molecule has 5 rings (SSSR count). The molecule has 184 valence electrons. The van der Waals surface area contributed by atoms with Gasteiger partial charge in [-0.3, -0.25) is 24.7 Å². The Morgan fingerprint density at radius 1 is 1.11 bits per heavy atom. The lowest BCUT2D eigenvalue weighted by molar-refractivity contribution is -0.121. The average molecular weight is 499 g/mol. The lowest BCUT2D eigenvalue weighted by Gasteiger charge is -2.33. The predicted molar refractivity (Wildman–Crippen MR) is 131 cm³/mol. The SMILES string of the molecule is Cc1sc2nc(CN3CCN(CC(=O)NC(=O)Nc4ccc5c(c4)OCO5)CC3)[nH]c(=O)c2c1C. The molecule has 12 heteroatoms. The number of piperazine rings is 1. The lowest BCUT2D eigenvalue weighted by Crippen LogP contribution is -2.50. The van der Waals surface area contributed by atoms with Crippen molar-refractivity contribution >= 4 is 39.2 Å². The van der Waals surface area contributed by atoms with Crippen molar-refractivity contribution in [3.05, 3.63) is 44.8 Å². The van der Waals surface area contributed by atoms with Crippen LogP contribution in [0.4, 0.5) is 10.5 Å². The van der Waals surface area contributed by atoms with E-state index in [1.54, 1.807) is 18.2 Å². The summed E-state index contributed by atoms with van der Waals surface area (Å²) in [6, 6.07) is 4.42. The number of aromatic nitrogens is 2. The minimum Gasteiger partial charge on any atom is -0.454 e. The lowest BCUT2D eigenvalue weighted by atomic mass is 10.2. The number of anilines is 1. The number of amides is 3. The van der Waals surface area contributed by atoms with Gasteiger partial charge in [-0.05, 0) is 31.5 Å². The van der Waals surface area contributed by atoms with Gasteiger partial charge in [0, 0.05) is 42.8 Å². The van der Waals surface area contributed by atoms with Crippen LogP contribution >= 0.6 is 11.3 Å². The summed E-state index contributed by atoms with van der Waals surface area (Å²) in [4.78, 5) is 50.6. The molecule has 0 aliphatic carbocycles. The molecule has 2 aliphatic heterocycles. The molecule has 1 fully saturated rings. The van der Waals surface area contributed by atoms with E-state index in [0.717, 1.165) is 28.4 Å². The molecule has 0 unspecified atom stereocenters. The molecular formula is C23H26N6O5S. The number of H-pyrrole nitrogens is 1. The number of nitrogens with zero attached hydrogens (tertiary/aromatic N) is 3. The molecule has 0 atom stereocenters. The van der Waals surface area contributed by atoms with Gasteiger partial charge < -0.3 is 19.8 Å². The van der Waals surface area contributed by atoms with Gasteiger partial charge in [0.05, 0.1) is 18.5 Å². The van der Waals surface area contributed by atoms with Crippen LogP contribution in [0.2, 0.25) is 0 Å². The maximum Gasteiger partial charge on any atom is 0.325 e. The molecule has 1 aromatic carbocycles. The Kier molecular flexibility index (Phi) is 6.41. The maximum atomic E-state index is 12.5. The highest BCUT2D eigenvalue weighted by atomic mass is 32.1. The van der Waals surface area contributed by atoms with Crippen molar-refractivity contribution in [3.63, 3.8) is 0 Å². The molecule has 2 aliphatic rings. The van der Waals surface area contributed by atoms with Crippen molar-refractivity contribution in [2.75, 3.05) is 44.8 Å². The van der Waals surface area contributed by atoms with Crippen molar-refractivity contribution in [2.24, 2.45) is 0 Å². The number of aromatic amines is 1. The minimum atomic E-state index is -0.600. The predicted octanol–water partition coefficient (Wildman–Crippen LogP) is 1.80. The van der Waals surface area contributed by atoms with Crippen molar-refractivity contribution in [3.8, 4) is 11.5 Å². The van der Waals surface area contributed by atoms with Crippen LogP contribution in [0.3, 0.4) is 0 Å². The summed E-state index contributed by atoms with van der Waals surface area (Å²) in [6.45, 7) is 7.53. The smallest absolute Gasteiger partial charge is 0.325 e. The highest BCUT2D eigenvalue weighted by molar-refractivity contribution is 7.18. The number of imide groups is 1. The third-order valence-electron chi connectivity index (χ3n) is 6.18. The van der Waals surface area contributed by atoms with E-state index < -0.39 is 6.03 Å². The van der Waals surface area contributed by atoms with Gasteiger partial charge in [0.15, 0.2) is 11.5 Å². The summed E-state index contributed by atoms with van der Waals surface area (Å²) < 4.78 is 10.5. The first-order valence-electron chi connectivity index (χ1n) is 11.3. The standard InChI is InChI=1S/C23H26N6O5S/c1-13-14(2)35-22-20(13)21(31)25-18(26-22)10-28-5-7-29(8-6-28)11-19(30)27-23(32)24-15-3-4-16-17(9-15)34-12-33-16/h3-4,9H,5-8,10-12H2,1-2H3,(H,25,26,31)(H2,24,27,30,32). The van der Waals surface area contributed by atoms with E-state index in [-0.39, 0.29) is 24.8 Å². The van der Waals surface area contributed by atoms with E-state index in [1.165, 1.54) is 11.3 Å². The van der Waals surface area contributed by atoms with E-state index in [0.29, 0.717) is 48.0 Å². The fourth-order valence-corrected chi connectivity index (χ4v) is 5.25. The second kappa shape index (κ2) is 9.64. The van der Waals surface area contributed by atoms with Crippen molar-refractivity contribution in [2.45, 2.75) is 20.4 Å². The maximum absolute atomic E-state index is 12.5. The van der Waals surface area contributed by atoms with Crippen LogP contribution in [0.5, 0.6) is 11.5 Å². The van der Waals surface area contributed by atoms with Gasteiger partial charge in [0.25, 0.3) is 5.56 Å². The van der Waals surface area contributed by atoms with Crippen LogP contribution in [0.15, 0.2) is 23.0 Å². The van der Waals surface area contributed by atoms with Crippen molar-refractivity contribution < 1.29 is 19.1 Å². The fraction of sp³-hybridized carbons (Fsp3) is 0.391. The third kappa shape index (κ3) is 5.14. The number of rotatable bonds is 5. The quantitative estimate of drug-likeness (QED) is 0.486. The number of aryl methyl sites for hydroxylation is 2. The molecule has 1 saturated heterocycles. The summed E-state index contributed by atoms with van der Waals surface area (Å²) in [5.74, 6) is 1.43. The molecule has 11 nitrogen and oxygen atoms in total. The van der Waals surface area contributed by atoms with E-state index in [1.807, 2.05) is 18.7 Å². The second-order valence-corrected chi connectivity index (χ2v) is 9.80. The molecule has 0 spiro atoms. The Bertz CT molecular complexity index is 1340. The summed E-state index contributed by atoms with van der Waals surface area (Å²) in [5, 5.41) is 5.66. The zero-order chi connectivity index (χ0) is 24.5. The molecule has 3 aromatic rings. The highest BCUT2D eigenvalue weighted by Gasteiger charge is 2.22. The molecule has 35 heavy (non-hydrogen) atoms. The van der Waals surface area contributed by atoms with Gasteiger partial charge in [-0.15, -0.1) is 11.3 Å². The third-order valence-corrected chi connectivity index (χ3v) is 7.28. The molecule has 0 radical (unpaired) electrons. The Morgan fingerprint density at radius 2 is 1.86 bits per heavy atom. The summed E-state index contributed by atoms with van der Waals surface area (Å²) >= 11 is 1.54. The summed E-state index contributed by atoms with van der Waals surface area (Å²) in [5.41, 5.74) is 1.40. The highest BCUT2D eigenvalue weighted by Crippen LogP contribution is 2.34. The molecule has 4 heterocycles. The van der Waals surface area contributed by atoms with Crippen molar-refractivity contribution in [1.29, 1.82) is 0 Å². The molecule has 2 aromatic heterocycles. The van der Waals surface area contributed by atoms with Gasteiger partial charge in [0.2, 0.25) is 12.7 Å². The van der Waals surface area contributed by atoms with Gasteiger partial charge in [-0.25, -0.2) is 9.78 Å². The minimum absolute atomic E-state index is 0.0961. The zero-order valence-corrected chi connectivity index (χ0v) is 20.3. The number of hydrogen-bond donors (Lipinski definition) is 3. The van der Waals surface area contributed by atoms with Gasteiger partial charge in [-0.2, -0.15) is 0 Å². The number of hydrogen-bond acceptors (Lipinski definition) is 9. The first-order valence-corrected chi connectivity index (χ1v) is 12.1. The Balaban J connectivity index is 1.08. The Morgan fingerprint density at radius 3 is 2.66 bits per heavy atom. The van der Waals surface area contributed by atoms with E-state index in [2.05, 4.69) is 25.5 Å². The van der Waals surface area contributed by atoms with Gasteiger partial charge in [0.1, 0.15) is 10.7 Å². The van der Waals surface area contributed by atoms with Crippen LogP contribution in [0, 0.1) is 13.8 Å². The number of carbonyl (C=O) groups excluding carboxylic acids is 2. The molecule has 0 saturated carbocycles. The Labute approximate surface area is 205 Å². The number of ether oxygens (including phenoxy) is 2. The molecule has 0 bridgehead atoms. The molecule has 3 N–H and O–H groups in total. The largest absolute Gasteiger partial charge is 0.454 e. The zero-order valence-electron chi connectivity index (χ0n) is 19.5. The van der Waals surface area contributed by atoms with E-state index in [4.69, 9.17) is 9.47 Å². The number of thiophene rings is 1. The number of nitrogens with one attached hydrogen (secondary N) is 3. The van der Waals surface area contributed by atoms with Crippen molar-refractivity contribution in [1.82, 2.24) is 25.1 Å².